The molecule has 1 aromatic rings. The molecule has 1 heterocycles. The minimum atomic E-state index is 0.700. The van der Waals surface area contributed by atoms with Crippen molar-refractivity contribution in [3.8, 4) is 0 Å². The fourth-order valence-corrected chi connectivity index (χ4v) is 3.47. The largest absolute Gasteiger partial charge is 0.348 e. The molecule has 0 spiro atoms. The SMILES string of the molecule is CNCc1cnc(N(C)C2CCCCCC2)s1. The Morgan fingerprint density at radius 2 is 2.06 bits per heavy atom. The second-order valence-electron chi connectivity index (χ2n) is 4.90. The Bertz CT molecular complexity index is 329. The lowest BCUT2D eigenvalue weighted by Gasteiger charge is -2.26. The first-order valence-corrected chi connectivity index (χ1v) is 7.45. The number of nitrogens with one attached hydrogen (secondary N) is 1. The molecule has 2 rings (SSSR count). The summed E-state index contributed by atoms with van der Waals surface area (Å²) in [7, 11) is 4.19. The molecule has 1 N–H and O–H groups in total. The van der Waals surface area contributed by atoms with Crippen molar-refractivity contribution in [3.63, 3.8) is 0 Å². The average molecular weight is 253 g/mol. The van der Waals surface area contributed by atoms with E-state index in [0.29, 0.717) is 6.04 Å². The van der Waals surface area contributed by atoms with Crippen LogP contribution in [0.25, 0.3) is 0 Å². The molecule has 1 saturated carbocycles. The number of hydrogen-bond acceptors (Lipinski definition) is 4. The Morgan fingerprint density at radius 3 is 2.71 bits per heavy atom. The van der Waals surface area contributed by atoms with E-state index in [2.05, 4.69) is 22.2 Å². The maximum absolute atomic E-state index is 4.54. The summed E-state index contributed by atoms with van der Waals surface area (Å²) in [6.45, 7) is 0.927. The van der Waals surface area contributed by atoms with Gasteiger partial charge in [0.15, 0.2) is 5.13 Å². The van der Waals surface area contributed by atoms with E-state index in [1.165, 1.54) is 48.5 Å². The van der Waals surface area contributed by atoms with Crippen LogP contribution >= 0.6 is 11.3 Å². The van der Waals surface area contributed by atoms with Gasteiger partial charge in [-0.25, -0.2) is 4.98 Å². The third-order valence-corrected chi connectivity index (χ3v) is 4.65. The van der Waals surface area contributed by atoms with Gasteiger partial charge >= 0.3 is 0 Å². The van der Waals surface area contributed by atoms with Crippen molar-refractivity contribution in [1.29, 1.82) is 0 Å². The number of rotatable bonds is 4. The smallest absolute Gasteiger partial charge is 0.185 e. The second-order valence-corrected chi connectivity index (χ2v) is 5.99. The molecular weight excluding hydrogens is 230 g/mol. The number of nitrogens with zero attached hydrogens (tertiary/aromatic N) is 2. The van der Waals surface area contributed by atoms with Crippen LogP contribution in [0.3, 0.4) is 0 Å². The van der Waals surface area contributed by atoms with Crippen LogP contribution in [0.4, 0.5) is 5.13 Å². The zero-order valence-electron chi connectivity index (χ0n) is 10.9. The van der Waals surface area contributed by atoms with Crippen LogP contribution in [-0.2, 0) is 6.54 Å². The molecule has 0 aliphatic heterocycles. The topological polar surface area (TPSA) is 28.2 Å². The molecule has 1 fully saturated rings. The van der Waals surface area contributed by atoms with Gasteiger partial charge in [0.25, 0.3) is 0 Å². The van der Waals surface area contributed by atoms with E-state index in [4.69, 9.17) is 0 Å². The molecule has 17 heavy (non-hydrogen) atoms. The van der Waals surface area contributed by atoms with Crippen LogP contribution in [0.1, 0.15) is 43.4 Å². The molecule has 4 heteroatoms. The van der Waals surface area contributed by atoms with Crippen LogP contribution < -0.4 is 10.2 Å². The highest BCUT2D eigenvalue weighted by Crippen LogP contribution is 2.28. The molecule has 0 saturated heterocycles. The molecule has 1 aliphatic rings. The molecule has 0 amide bonds. The van der Waals surface area contributed by atoms with Crippen molar-refractivity contribution in [2.24, 2.45) is 0 Å². The first-order valence-electron chi connectivity index (χ1n) is 6.63. The normalized spacial score (nSPS) is 18.0. The van der Waals surface area contributed by atoms with Crippen molar-refractivity contribution >= 4 is 16.5 Å². The lowest BCUT2D eigenvalue weighted by molar-refractivity contribution is 0.552. The Morgan fingerprint density at radius 1 is 1.35 bits per heavy atom. The Kier molecular flexibility index (Phi) is 4.80. The van der Waals surface area contributed by atoms with Gasteiger partial charge in [0.2, 0.25) is 0 Å². The summed E-state index contributed by atoms with van der Waals surface area (Å²) in [4.78, 5) is 8.27. The van der Waals surface area contributed by atoms with Gasteiger partial charge in [-0.05, 0) is 19.9 Å². The van der Waals surface area contributed by atoms with Gasteiger partial charge in [-0.1, -0.05) is 25.7 Å². The van der Waals surface area contributed by atoms with Crippen molar-refractivity contribution in [1.82, 2.24) is 10.3 Å². The first-order chi connectivity index (χ1) is 8.31. The highest BCUT2D eigenvalue weighted by atomic mass is 32.1. The average Bonchev–Trinajstić information content (AvgIpc) is 2.64. The van der Waals surface area contributed by atoms with E-state index < -0.39 is 0 Å². The summed E-state index contributed by atoms with van der Waals surface area (Å²) in [6.07, 6.45) is 10.2. The summed E-state index contributed by atoms with van der Waals surface area (Å²) in [5, 5.41) is 4.36. The van der Waals surface area contributed by atoms with Gasteiger partial charge in [0.1, 0.15) is 0 Å². The fraction of sp³-hybridized carbons (Fsp3) is 0.769. The Hall–Kier alpha value is -0.610. The van der Waals surface area contributed by atoms with Crippen LogP contribution in [0.5, 0.6) is 0 Å². The highest BCUT2D eigenvalue weighted by Gasteiger charge is 2.19. The fourth-order valence-electron chi connectivity index (χ4n) is 2.52. The maximum atomic E-state index is 4.54. The minimum absolute atomic E-state index is 0.700. The Balaban J connectivity index is 1.98. The molecule has 1 aliphatic carbocycles. The molecule has 96 valence electrons. The molecular formula is C13H23N3S. The summed E-state index contributed by atoms with van der Waals surface area (Å²) in [6, 6.07) is 0.700. The van der Waals surface area contributed by atoms with Gasteiger partial charge in [-0.15, -0.1) is 11.3 Å². The van der Waals surface area contributed by atoms with Crippen molar-refractivity contribution in [3.05, 3.63) is 11.1 Å². The summed E-state index contributed by atoms with van der Waals surface area (Å²) in [5.41, 5.74) is 0. The monoisotopic (exact) mass is 253 g/mol. The van der Waals surface area contributed by atoms with Gasteiger partial charge in [0, 0.05) is 30.7 Å². The molecule has 3 nitrogen and oxygen atoms in total. The zero-order valence-corrected chi connectivity index (χ0v) is 11.7. The van der Waals surface area contributed by atoms with E-state index in [0.717, 1.165) is 6.54 Å². The van der Waals surface area contributed by atoms with Crippen LogP contribution in [0.15, 0.2) is 6.20 Å². The predicted octanol–water partition coefficient (Wildman–Crippen LogP) is 3.02. The lowest BCUT2D eigenvalue weighted by atomic mass is 10.1. The number of anilines is 1. The molecule has 0 bridgehead atoms. The molecule has 0 unspecified atom stereocenters. The van der Waals surface area contributed by atoms with E-state index in [-0.39, 0.29) is 0 Å². The van der Waals surface area contributed by atoms with Crippen LogP contribution in [0.2, 0.25) is 0 Å². The lowest BCUT2D eigenvalue weighted by Crippen LogP contribution is -2.30. The first kappa shape index (κ1) is 12.8. The van der Waals surface area contributed by atoms with Gasteiger partial charge in [-0.3, -0.25) is 0 Å². The van der Waals surface area contributed by atoms with E-state index in [1.54, 1.807) is 0 Å². The number of thiazole rings is 1. The molecule has 0 aromatic carbocycles. The third-order valence-electron chi connectivity index (χ3n) is 3.57. The predicted molar refractivity (Wildman–Crippen MR) is 74.8 cm³/mol. The minimum Gasteiger partial charge on any atom is -0.348 e. The van der Waals surface area contributed by atoms with E-state index in [1.807, 2.05) is 24.6 Å². The van der Waals surface area contributed by atoms with Crippen molar-refractivity contribution in [2.75, 3.05) is 19.0 Å². The van der Waals surface area contributed by atoms with E-state index in [9.17, 15) is 0 Å². The molecule has 0 radical (unpaired) electrons. The zero-order chi connectivity index (χ0) is 12.1. The standard InChI is InChI=1S/C13H23N3S/c1-14-9-12-10-15-13(17-12)16(2)11-7-5-3-4-6-8-11/h10-11,14H,3-9H2,1-2H3. The Labute approximate surface area is 108 Å². The maximum Gasteiger partial charge on any atom is 0.185 e. The van der Waals surface area contributed by atoms with Crippen molar-refractivity contribution < 1.29 is 0 Å². The summed E-state index contributed by atoms with van der Waals surface area (Å²) >= 11 is 1.82. The summed E-state index contributed by atoms with van der Waals surface area (Å²) < 4.78 is 0. The molecule has 0 atom stereocenters. The highest BCUT2D eigenvalue weighted by molar-refractivity contribution is 7.15. The second kappa shape index (κ2) is 6.36. The van der Waals surface area contributed by atoms with E-state index >= 15 is 0 Å². The van der Waals surface area contributed by atoms with Gasteiger partial charge < -0.3 is 10.2 Å². The van der Waals surface area contributed by atoms with Crippen LogP contribution in [0, 0.1) is 0 Å². The third kappa shape index (κ3) is 3.42. The van der Waals surface area contributed by atoms with Gasteiger partial charge in [0.05, 0.1) is 0 Å². The van der Waals surface area contributed by atoms with Gasteiger partial charge in [-0.2, -0.15) is 0 Å². The van der Waals surface area contributed by atoms with Crippen molar-refractivity contribution in [2.45, 2.75) is 51.1 Å². The quantitative estimate of drug-likeness (QED) is 0.836. The number of aromatic nitrogens is 1. The number of hydrogen-bond donors (Lipinski definition) is 1. The molecule has 1 aromatic heterocycles. The van der Waals surface area contributed by atoms with Crippen LogP contribution in [-0.4, -0.2) is 25.1 Å². The summed E-state index contributed by atoms with van der Waals surface area (Å²) in [5.74, 6) is 0.